The van der Waals surface area contributed by atoms with E-state index in [1.54, 1.807) is 4.90 Å². The average Bonchev–Trinajstić information content (AvgIpc) is 3.59. The molecule has 3 aromatic rings. The number of rotatable bonds is 7. The van der Waals surface area contributed by atoms with Gasteiger partial charge in [0.1, 0.15) is 12.1 Å². The summed E-state index contributed by atoms with van der Waals surface area (Å²) in [5.74, 6) is -0.757. The first-order valence-corrected chi connectivity index (χ1v) is 17.9. The summed E-state index contributed by atoms with van der Waals surface area (Å²) in [4.78, 5) is 63.7. The molecule has 0 spiro atoms. The maximum Gasteiger partial charge on any atom is 0.399 e. The molecule has 3 heterocycles. The number of carbonyl (C=O) groups excluding carboxylic acids is 3. The minimum absolute atomic E-state index is 0.0694. The zero-order chi connectivity index (χ0) is 33.4. The molecule has 2 aliphatic rings. The summed E-state index contributed by atoms with van der Waals surface area (Å²) in [5, 5.41) is 3.08. The number of thiophene rings is 1. The molecule has 3 N–H and O–H groups in total. The van der Waals surface area contributed by atoms with Crippen molar-refractivity contribution in [3.63, 3.8) is 0 Å². The van der Waals surface area contributed by atoms with E-state index in [0.717, 1.165) is 49.2 Å². The number of alkyl halides is 2. The van der Waals surface area contributed by atoms with E-state index in [1.165, 1.54) is 17.7 Å². The summed E-state index contributed by atoms with van der Waals surface area (Å²) in [5.41, 5.74) is -4.78. The predicted octanol–water partition coefficient (Wildman–Crippen LogP) is 6.06. The van der Waals surface area contributed by atoms with Gasteiger partial charge in [-0.3, -0.25) is 18.9 Å². The van der Waals surface area contributed by atoms with Crippen molar-refractivity contribution in [3.8, 4) is 0 Å². The molecule has 0 unspecified atom stereocenters. The maximum atomic E-state index is 14.3. The van der Waals surface area contributed by atoms with Gasteiger partial charge in [0.05, 0.1) is 4.88 Å². The third-order valence-corrected chi connectivity index (χ3v) is 11.0. The minimum Gasteiger partial charge on any atom is -0.340 e. The highest BCUT2D eigenvalue weighted by molar-refractivity contribution is 7.52. The Morgan fingerprint density at radius 2 is 1.70 bits per heavy atom. The van der Waals surface area contributed by atoms with Crippen LogP contribution in [0.25, 0.3) is 10.1 Å². The zero-order valence-corrected chi connectivity index (χ0v) is 27.8. The Morgan fingerprint density at radius 1 is 0.978 bits per heavy atom. The van der Waals surface area contributed by atoms with E-state index in [1.807, 2.05) is 43.9 Å². The first-order chi connectivity index (χ1) is 21.6. The topological polar surface area (TPSA) is 127 Å². The molecular formula is C33H40F2N3O6PS. The molecule has 0 bridgehead atoms. The van der Waals surface area contributed by atoms with Gasteiger partial charge >= 0.3 is 13.3 Å². The van der Waals surface area contributed by atoms with Gasteiger partial charge in [-0.05, 0) is 53.8 Å². The van der Waals surface area contributed by atoms with Crippen molar-refractivity contribution in [1.82, 2.24) is 15.1 Å². The number of halogens is 2. The van der Waals surface area contributed by atoms with Gasteiger partial charge in [0, 0.05) is 35.8 Å². The summed E-state index contributed by atoms with van der Waals surface area (Å²) >= 11 is 1.02. The summed E-state index contributed by atoms with van der Waals surface area (Å²) in [7, 11) is -5.76. The van der Waals surface area contributed by atoms with Crippen molar-refractivity contribution in [3.05, 3.63) is 70.6 Å². The van der Waals surface area contributed by atoms with Crippen LogP contribution in [0.15, 0.2) is 54.6 Å². The van der Waals surface area contributed by atoms with Crippen molar-refractivity contribution in [2.24, 2.45) is 5.41 Å². The van der Waals surface area contributed by atoms with Gasteiger partial charge in [-0.25, -0.2) is 0 Å². The largest absolute Gasteiger partial charge is 0.399 e. The first-order valence-electron chi connectivity index (χ1n) is 15.5. The van der Waals surface area contributed by atoms with Crippen molar-refractivity contribution in [2.45, 2.75) is 76.5 Å². The Labute approximate surface area is 271 Å². The average molecular weight is 676 g/mol. The third-order valence-electron chi connectivity index (χ3n) is 8.93. The Balaban J connectivity index is 1.36. The molecule has 3 atom stereocenters. The molecule has 2 saturated heterocycles. The van der Waals surface area contributed by atoms with Crippen LogP contribution in [0.1, 0.15) is 79.6 Å². The van der Waals surface area contributed by atoms with E-state index in [2.05, 4.69) is 17.4 Å². The highest BCUT2D eigenvalue weighted by Crippen LogP contribution is 2.59. The van der Waals surface area contributed by atoms with Gasteiger partial charge in [0.15, 0.2) is 0 Å². The van der Waals surface area contributed by atoms with Crippen molar-refractivity contribution in [1.29, 1.82) is 0 Å². The second-order valence-electron chi connectivity index (χ2n) is 13.3. The van der Waals surface area contributed by atoms with Crippen LogP contribution < -0.4 is 5.32 Å². The maximum absolute atomic E-state index is 14.3. The van der Waals surface area contributed by atoms with E-state index in [-0.39, 0.29) is 28.0 Å². The number of amides is 3. The van der Waals surface area contributed by atoms with Crippen LogP contribution in [0.5, 0.6) is 0 Å². The number of likely N-dealkylation sites (tertiary alicyclic amines) is 2. The van der Waals surface area contributed by atoms with Crippen LogP contribution in [0.3, 0.4) is 0 Å². The normalized spacial score (nSPS) is 20.4. The Bertz CT molecular complexity index is 1650. The van der Waals surface area contributed by atoms with E-state index in [4.69, 9.17) is 9.79 Å². The van der Waals surface area contributed by atoms with E-state index in [9.17, 15) is 27.7 Å². The number of hydrogen-bond acceptors (Lipinski definition) is 5. The van der Waals surface area contributed by atoms with Crippen LogP contribution in [0.4, 0.5) is 8.78 Å². The highest BCUT2D eigenvalue weighted by atomic mass is 32.1. The SMILES string of the molecule is CC(C)(C)[C@H](NC(=O)c1cc2cc(C(F)(F)P(=O)(O)O)ccc2s1)C(=O)N1CCCCC[C@H]1C(=O)N1CC[C@H](c2ccccc2)C1. The van der Waals surface area contributed by atoms with Gasteiger partial charge in [-0.2, -0.15) is 8.78 Å². The van der Waals surface area contributed by atoms with Gasteiger partial charge in [0.2, 0.25) is 11.8 Å². The summed E-state index contributed by atoms with van der Waals surface area (Å²) in [6.07, 6.45) is 3.83. The fourth-order valence-electron chi connectivity index (χ4n) is 6.32. The second-order valence-corrected chi connectivity index (χ2v) is 16.0. The summed E-state index contributed by atoms with van der Waals surface area (Å²) in [6, 6.07) is 13.0. The molecule has 0 radical (unpaired) electrons. The Hall–Kier alpha value is -3.18. The van der Waals surface area contributed by atoms with E-state index < -0.39 is 42.2 Å². The Kier molecular flexibility index (Phi) is 9.76. The molecule has 1 aromatic heterocycles. The quantitative estimate of drug-likeness (QED) is 0.262. The smallest absolute Gasteiger partial charge is 0.340 e. The van der Waals surface area contributed by atoms with Gasteiger partial charge in [-0.1, -0.05) is 70.0 Å². The van der Waals surface area contributed by atoms with Crippen LogP contribution in [0, 0.1) is 5.41 Å². The third kappa shape index (κ3) is 7.05. The lowest BCUT2D eigenvalue weighted by molar-refractivity contribution is -0.147. The van der Waals surface area contributed by atoms with E-state index in [0.29, 0.717) is 30.8 Å². The molecule has 13 heteroatoms. The van der Waals surface area contributed by atoms with Crippen LogP contribution >= 0.6 is 18.9 Å². The lowest BCUT2D eigenvalue weighted by atomic mass is 9.85. The first kappa shape index (κ1) is 34.2. The zero-order valence-electron chi connectivity index (χ0n) is 26.1. The van der Waals surface area contributed by atoms with Crippen LogP contribution in [0.2, 0.25) is 0 Å². The minimum atomic E-state index is -5.76. The second kappa shape index (κ2) is 13.1. The molecule has 248 valence electrons. The fraction of sp³-hybridized carbons (Fsp3) is 0.485. The molecule has 2 aliphatic heterocycles. The van der Waals surface area contributed by atoms with Crippen molar-refractivity contribution in [2.75, 3.05) is 19.6 Å². The molecule has 0 aliphatic carbocycles. The molecular weight excluding hydrogens is 635 g/mol. The molecule has 9 nitrogen and oxygen atoms in total. The molecule has 0 saturated carbocycles. The predicted molar refractivity (Wildman–Crippen MR) is 173 cm³/mol. The fourth-order valence-corrected chi connectivity index (χ4v) is 7.75. The van der Waals surface area contributed by atoms with Crippen molar-refractivity contribution < 1.29 is 37.5 Å². The van der Waals surface area contributed by atoms with Crippen LogP contribution in [-0.2, 0) is 19.8 Å². The van der Waals surface area contributed by atoms with Gasteiger partial charge in [-0.15, -0.1) is 11.3 Å². The highest BCUT2D eigenvalue weighted by Gasteiger charge is 2.50. The number of benzene rings is 2. The lowest BCUT2D eigenvalue weighted by Crippen LogP contribution is -2.59. The van der Waals surface area contributed by atoms with Gasteiger partial charge in [0.25, 0.3) is 5.91 Å². The molecule has 5 rings (SSSR count). The lowest BCUT2D eigenvalue weighted by Gasteiger charge is -2.38. The molecule has 2 fully saturated rings. The number of nitrogens with one attached hydrogen (secondary N) is 1. The standard InChI is InChI=1S/C33H40F2N3O6PS/c1-32(2,3)28(36-29(39)27-19-23-18-24(13-14-26(23)46-27)33(34,35)45(42,43)44)31(41)38-16-9-5-8-12-25(38)30(40)37-17-15-22(20-37)21-10-6-4-7-11-21/h4,6-7,10-11,13-14,18-19,22,25,28H,5,8-9,12,15-17,20H2,1-3H3,(H,36,39)(H2,42,43,44)/t22-,25-,28+/m0/s1. The summed E-state index contributed by atoms with van der Waals surface area (Å²) < 4.78 is 40.5. The number of carbonyl (C=O) groups is 3. The molecule has 3 amide bonds. The molecule has 2 aromatic carbocycles. The molecule has 46 heavy (non-hydrogen) atoms. The van der Waals surface area contributed by atoms with Gasteiger partial charge < -0.3 is 24.9 Å². The van der Waals surface area contributed by atoms with Crippen molar-refractivity contribution >= 4 is 46.7 Å². The number of nitrogens with zero attached hydrogens (tertiary/aromatic N) is 2. The number of hydrogen-bond donors (Lipinski definition) is 3. The summed E-state index contributed by atoms with van der Waals surface area (Å²) in [6.45, 7) is 7.09. The monoisotopic (exact) mass is 675 g/mol. The number of fused-ring (bicyclic) bond motifs is 1. The van der Waals surface area contributed by atoms with E-state index >= 15 is 0 Å². The Morgan fingerprint density at radius 3 is 2.37 bits per heavy atom. The van der Waals surface area contributed by atoms with Crippen LogP contribution in [-0.4, -0.2) is 69.0 Å².